The van der Waals surface area contributed by atoms with Gasteiger partial charge in [0.1, 0.15) is 11.6 Å². The van der Waals surface area contributed by atoms with E-state index < -0.39 is 17.2 Å². The van der Waals surface area contributed by atoms with Crippen molar-refractivity contribution in [2.45, 2.75) is 37.6 Å². The fourth-order valence-electron chi connectivity index (χ4n) is 2.38. The lowest BCUT2D eigenvalue weighted by Crippen LogP contribution is -2.49. The summed E-state index contributed by atoms with van der Waals surface area (Å²) in [5, 5.41) is 0. The molecule has 1 aliphatic carbocycles. The van der Waals surface area contributed by atoms with Gasteiger partial charge in [0.05, 0.1) is 5.54 Å². The largest absolute Gasteiger partial charge is 0.319 e. The highest BCUT2D eigenvalue weighted by Crippen LogP contribution is 2.29. The fraction of sp³-hybridized carbons (Fsp3) is 0.462. The van der Waals surface area contributed by atoms with E-state index in [1.807, 2.05) is 0 Å². The van der Waals surface area contributed by atoms with Crippen molar-refractivity contribution in [2.75, 3.05) is 0 Å². The van der Waals surface area contributed by atoms with Gasteiger partial charge < -0.3 is 5.73 Å². The first kappa shape index (κ1) is 12.2. The van der Waals surface area contributed by atoms with Crippen LogP contribution >= 0.6 is 0 Å². The maximum atomic E-state index is 13.0. The third-order valence-electron chi connectivity index (χ3n) is 3.32. The molecule has 2 rings (SSSR count). The Labute approximate surface area is 98.8 Å². The Morgan fingerprint density at radius 3 is 2.12 bits per heavy atom. The fourth-order valence-corrected chi connectivity index (χ4v) is 2.38. The van der Waals surface area contributed by atoms with Crippen LogP contribution in [0.15, 0.2) is 18.2 Å². The van der Waals surface area contributed by atoms with Gasteiger partial charge in [0.15, 0.2) is 5.78 Å². The van der Waals surface area contributed by atoms with Gasteiger partial charge in [0.25, 0.3) is 0 Å². The molecular weight excluding hydrogens is 224 g/mol. The molecule has 0 radical (unpaired) electrons. The summed E-state index contributed by atoms with van der Waals surface area (Å²) in [5.41, 5.74) is 5.13. The Balaban J connectivity index is 2.29. The second kappa shape index (κ2) is 4.53. The van der Waals surface area contributed by atoms with Gasteiger partial charge in [-0.05, 0) is 25.0 Å². The van der Waals surface area contributed by atoms with Crippen molar-refractivity contribution in [1.29, 1.82) is 0 Å². The molecule has 17 heavy (non-hydrogen) atoms. The number of nitrogens with two attached hydrogens (primary N) is 1. The Morgan fingerprint density at radius 1 is 1.06 bits per heavy atom. The summed E-state index contributed by atoms with van der Waals surface area (Å²) in [6, 6.07) is 2.85. The van der Waals surface area contributed by atoms with E-state index in [2.05, 4.69) is 0 Å². The van der Waals surface area contributed by atoms with Crippen molar-refractivity contribution in [3.05, 3.63) is 35.4 Å². The van der Waals surface area contributed by atoms with Crippen LogP contribution in [0.4, 0.5) is 8.78 Å². The van der Waals surface area contributed by atoms with Crippen molar-refractivity contribution in [3.63, 3.8) is 0 Å². The van der Waals surface area contributed by atoms with Gasteiger partial charge in [0.2, 0.25) is 0 Å². The van der Waals surface area contributed by atoms with Crippen LogP contribution in [0.1, 0.15) is 42.5 Å². The van der Waals surface area contributed by atoms with Crippen LogP contribution < -0.4 is 5.73 Å². The molecule has 0 unspecified atom stereocenters. The van der Waals surface area contributed by atoms with Crippen LogP contribution in [0.25, 0.3) is 0 Å². The highest BCUT2D eigenvalue weighted by molar-refractivity contribution is 6.03. The van der Waals surface area contributed by atoms with Crippen LogP contribution in [0.5, 0.6) is 0 Å². The van der Waals surface area contributed by atoms with Gasteiger partial charge in [-0.25, -0.2) is 8.78 Å². The number of carbonyl (C=O) groups excluding carboxylic acids is 1. The lowest BCUT2D eigenvalue weighted by Gasteiger charge is -2.31. The third kappa shape index (κ3) is 2.52. The summed E-state index contributed by atoms with van der Waals surface area (Å²) in [6.45, 7) is 0. The minimum absolute atomic E-state index is 0.0342. The highest BCUT2D eigenvalue weighted by Gasteiger charge is 2.36. The highest BCUT2D eigenvalue weighted by atomic mass is 19.1. The molecule has 1 saturated carbocycles. The second-order valence-electron chi connectivity index (χ2n) is 4.70. The molecule has 2 N–H and O–H groups in total. The number of ketones is 1. The van der Waals surface area contributed by atoms with E-state index in [9.17, 15) is 13.6 Å². The molecule has 0 saturated heterocycles. The maximum absolute atomic E-state index is 13.0. The van der Waals surface area contributed by atoms with Crippen LogP contribution in [0.2, 0.25) is 0 Å². The van der Waals surface area contributed by atoms with Crippen molar-refractivity contribution >= 4 is 5.78 Å². The SMILES string of the molecule is NC1(C(=O)c2cc(F)cc(F)c2)CCCCC1. The summed E-state index contributed by atoms with van der Waals surface area (Å²) in [6.07, 6.45) is 4.01. The Bertz CT molecular complexity index is 419. The molecule has 0 amide bonds. The molecule has 1 aromatic carbocycles. The number of rotatable bonds is 2. The number of hydrogen-bond acceptors (Lipinski definition) is 2. The molecule has 1 fully saturated rings. The minimum atomic E-state index is -0.946. The zero-order valence-electron chi connectivity index (χ0n) is 9.51. The standard InChI is InChI=1S/C13H15F2NO/c14-10-6-9(7-11(15)8-10)12(17)13(16)4-2-1-3-5-13/h6-8H,1-5,16H2. The van der Waals surface area contributed by atoms with E-state index in [4.69, 9.17) is 5.73 Å². The van der Waals surface area contributed by atoms with E-state index in [-0.39, 0.29) is 11.3 Å². The van der Waals surface area contributed by atoms with Gasteiger partial charge in [-0.2, -0.15) is 0 Å². The van der Waals surface area contributed by atoms with Crippen LogP contribution in [-0.2, 0) is 0 Å². The van der Waals surface area contributed by atoms with E-state index in [1.54, 1.807) is 0 Å². The Morgan fingerprint density at radius 2 is 1.59 bits per heavy atom. The first-order valence-corrected chi connectivity index (χ1v) is 5.81. The molecule has 0 bridgehead atoms. The lowest BCUT2D eigenvalue weighted by molar-refractivity contribution is 0.0847. The van der Waals surface area contributed by atoms with Crippen molar-refractivity contribution in [3.8, 4) is 0 Å². The summed E-state index contributed by atoms with van der Waals surface area (Å²) in [5.74, 6) is -1.84. The number of halogens is 2. The summed E-state index contributed by atoms with van der Waals surface area (Å²) >= 11 is 0. The lowest BCUT2D eigenvalue weighted by atomic mass is 9.77. The van der Waals surface area contributed by atoms with Gasteiger partial charge in [-0.3, -0.25) is 4.79 Å². The van der Waals surface area contributed by atoms with Crippen molar-refractivity contribution in [1.82, 2.24) is 0 Å². The van der Waals surface area contributed by atoms with E-state index in [1.165, 1.54) is 0 Å². The smallest absolute Gasteiger partial charge is 0.182 e. The molecule has 0 aromatic heterocycles. The molecule has 0 atom stereocenters. The number of benzene rings is 1. The normalized spacial score (nSPS) is 19.0. The van der Waals surface area contributed by atoms with Gasteiger partial charge in [-0.1, -0.05) is 19.3 Å². The molecule has 0 heterocycles. The van der Waals surface area contributed by atoms with Crippen LogP contribution in [-0.4, -0.2) is 11.3 Å². The molecule has 0 aliphatic heterocycles. The molecule has 1 aliphatic rings. The van der Waals surface area contributed by atoms with E-state index >= 15 is 0 Å². The molecule has 2 nitrogen and oxygen atoms in total. The van der Waals surface area contributed by atoms with Gasteiger partial charge >= 0.3 is 0 Å². The van der Waals surface area contributed by atoms with Crippen molar-refractivity contribution in [2.24, 2.45) is 5.73 Å². The number of hydrogen-bond donors (Lipinski definition) is 1. The Hall–Kier alpha value is -1.29. The molecule has 0 spiro atoms. The Kier molecular flexibility index (Phi) is 3.24. The quantitative estimate of drug-likeness (QED) is 0.806. The molecule has 92 valence electrons. The van der Waals surface area contributed by atoms with Gasteiger partial charge in [0, 0.05) is 11.6 Å². The first-order valence-electron chi connectivity index (χ1n) is 5.81. The average Bonchev–Trinajstić information content (AvgIpc) is 2.27. The van der Waals surface area contributed by atoms with Crippen LogP contribution in [0, 0.1) is 11.6 Å². The van der Waals surface area contributed by atoms with Gasteiger partial charge in [-0.15, -0.1) is 0 Å². The summed E-state index contributed by atoms with van der Waals surface area (Å²) < 4.78 is 26.1. The third-order valence-corrected chi connectivity index (χ3v) is 3.32. The molecular formula is C13H15F2NO. The summed E-state index contributed by atoms with van der Waals surface area (Å²) in [4.78, 5) is 12.2. The monoisotopic (exact) mass is 239 g/mol. The first-order chi connectivity index (χ1) is 8.01. The minimum Gasteiger partial charge on any atom is -0.319 e. The topological polar surface area (TPSA) is 43.1 Å². The number of carbonyl (C=O) groups is 1. The molecule has 1 aromatic rings. The zero-order valence-corrected chi connectivity index (χ0v) is 9.51. The predicted molar refractivity (Wildman–Crippen MR) is 60.7 cm³/mol. The molecule has 4 heteroatoms. The second-order valence-corrected chi connectivity index (χ2v) is 4.70. The van der Waals surface area contributed by atoms with Crippen LogP contribution in [0.3, 0.4) is 0 Å². The maximum Gasteiger partial charge on any atom is 0.182 e. The average molecular weight is 239 g/mol. The van der Waals surface area contributed by atoms with Crippen molar-refractivity contribution < 1.29 is 13.6 Å². The number of Topliss-reactive ketones (excluding diaryl/α,β-unsaturated/α-hetero) is 1. The van der Waals surface area contributed by atoms with E-state index in [0.717, 1.165) is 37.5 Å². The summed E-state index contributed by atoms with van der Waals surface area (Å²) in [7, 11) is 0. The van der Waals surface area contributed by atoms with E-state index in [0.29, 0.717) is 12.8 Å². The zero-order chi connectivity index (χ0) is 12.5. The predicted octanol–water partition coefficient (Wildman–Crippen LogP) is 2.81.